The molecule has 0 aliphatic rings. The highest BCUT2D eigenvalue weighted by atomic mass is 16.5. The smallest absolute Gasteiger partial charge is 0.226 e. The second-order valence-electron chi connectivity index (χ2n) is 4.41. The van der Waals surface area contributed by atoms with Crippen LogP contribution in [0.3, 0.4) is 0 Å². The zero-order valence-electron chi connectivity index (χ0n) is 11.0. The van der Waals surface area contributed by atoms with Crippen LogP contribution < -0.4 is 10.1 Å². The lowest BCUT2D eigenvalue weighted by atomic mass is 10.2. The van der Waals surface area contributed by atoms with Gasteiger partial charge in [0.15, 0.2) is 0 Å². The fourth-order valence-electron chi connectivity index (χ4n) is 1.53. The first-order valence-electron chi connectivity index (χ1n) is 6.15. The minimum Gasteiger partial charge on any atom is -0.508 e. The van der Waals surface area contributed by atoms with E-state index in [9.17, 15) is 5.11 Å². The molecule has 0 radical (unpaired) electrons. The molecule has 0 bridgehead atoms. The van der Waals surface area contributed by atoms with Crippen molar-refractivity contribution >= 4 is 5.95 Å². The second kappa shape index (κ2) is 6.04. The standard InChI is InChI=1S/C14H17N3O2/c1-10(2)19-13-7-8-15-14(17-13)16-9-11-3-5-12(18)6-4-11/h3-8,10,18H,9H2,1-2H3,(H,15,16,17). The van der Waals surface area contributed by atoms with Crippen LogP contribution in [0.25, 0.3) is 0 Å². The number of anilines is 1. The summed E-state index contributed by atoms with van der Waals surface area (Å²) in [5.41, 5.74) is 1.04. The van der Waals surface area contributed by atoms with Gasteiger partial charge in [-0.15, -0.1) is 0 Å². The van der Waals surface area contributed by atoms with Gasteiger partial charge in [0.1, 0.15) is 5.75 Å². The van der Waals surface area contributed by atoms with Crippen LogP contribution in [0.4, 0.5) is 5.95 Å². The van der Waals surface area contributed by atoms with Crippen molar-refractivity contribution in [1.82, 2.24) is 9.97 Å². The number of rotatable bonds is 5. The van der Waals surface area contributed by atoms with Gasteiger partial charge in [-0.1, -0.05) is 12.1 Å². The van der Waals surface area contributed by atoms with E-state index >= 15 is 0 Å². The van der Waals surface area contributed by atoms with Gasteiger partial charge in [0.25, 0.3) is 0 Å². The number of phenols is 1. The Morgan fingerprint density at radius 3 is 2.63 bits per heavy atom. The largest absolute Gasteiger partial charge is 0.508 e. The molecule has 19 heavy (non-hydrogen) atoms. The predicted octanol–water partition coefficient (Wildman–Crippen LogP) is 2.58. The van der Waals surface area contributed by atoms with Gasteiger partial charge >= 0.3 is 0 Å². The summed E-state index contributed by atoms with van der Waals surface area (Å²) in [4.78, 5) is 8.38. The van der Waals surface area contributed by atoms with Gasteiger partial charge in [-0.3, -0.25) is 0 Å². The van der Waals surface area contributed by atoms with Gasteiger partial charge in [-0.05, 0) is 31.5 Å². The van der Waals surface area contributed by atoms with Gasteiger partial charge in [0.2, 0.25) is 11.8 Å². The first kappa shape index (κ1) is 13.1. The highest BCUT2D eigenvalue weighted by molar-refractivity contribution is 5.32. The summed E-state index contributed by atoms with van der Waals surface area (Å²) >= 11 is 0. The van der Waals surface area contributed by atoms with Crippen molar-refractivity contribution in [2.24, 2.45) is 0 Å². The molecule has 0 saturated heterocycles. The number of aromatic nitrogens is 2. The molecule has 0 unspecified atom stereocenters. The van der Waals surface area contributed by atoms with Crippen LogP contribution in [0.5, 0.6) is 11.6 Å². The molecule has 0 atom stereocenters. The first-order chi connectivity index (χ1) is 9.13. The maximum absolute atomic E-state index is 9.20. The van der Waals surface area contributed by atoms with Crippen molar-refractivity contribution in [3.8, 4) is 11.6 Å². The van der Waals surface area contributed by atoms with Crippen molar-refractivity contribution in [2.45, 2.75) is 26.5 Å². The van der Waals surface area contributed by atoms with E-state index in [0.717, 1.165) is 5.56 Å². The second-order valence-corrected chi connectivity index (χ2v) is 4.41. The SMILES string of the molecule is CC(C)Oc1ccnc(NCc2ccc(O)cc2)n1. The molecule has 2 aromatic rings. The van der Waals surface area contributed by atoms with Gasteiger partial charge in [0.05, 0.1) is 6.10 Å². The topological polar surface area (TPSA) is 67.3 Å². The molecule has 0 saturated carbocycles. The van der Waals surface area contributed by atoms with E-state index in [1.807, 2.05) is 26.0 Å². The Bertz CT molecular complexity index is 526. The summed E-state index contributed by atoms with van der Waals surface area (Å²) in [6.07, 6.45) is 1.74. The van der Waals surface area contributed by atoms with E-state index in [4.69, 9.17) is 4.74 Å². The van der Waals surface area contributed by atoms with Crippen LogP contribution in [0, 0.1) is 0 Å². The Hall–Kier alpha value is -2.30. The predicted molar refractivity (Wildman–Crippen MR) is 73.2 cm³/mol. The lowest BCUT2D eigenvalue weighted by Crippen LogP contribution is -2.09. The third kappa shape index (κ3) is 4.13. The number of phenolic OH excluding ortho intramolecular Hbond substituents is 1. The molecule has 0 aliphatic heterocycles. The maximum Gasteiger partial charge on any atom is 0.226 e. The van der Waals surface area contributed by atoms with E-state index in [2.05, 4.69) is 15.3 Å². The molecular weight excluding hydrogens is 242 g/mol. The van der Waals surface area contributed by atoms with Crippen LogP contribution in [0.2, 0.25) is 0 Å². The number of aromatic hydroxyl groups is 1. The van der Waals surface area contributed by atoms with E-state index < -0.39 is 0 Å². The van der Waals surface area contributed by atoms with E-state index in [-0.39, 0.29) is 11.9 Å². The monoisotopic (exact) mass is 259 g/mol. The molecule has 1 heterocycles. The van der Waals surface area contributed by atoms with Crippen molar-refractivity contribution in [3.05, 3.63) is 42.1 Å². The van der Waals surface area contributed by atoms with Gasteiger partial charge in [0, 0.05) is 18.8 Å². The summed E-state index contributed by atoms with van der Waals surface area (Å²) < 4.78 is 5.50. The molecule has 5 heteroatoms. The molecule has 5 nitrogen and oxygen atoms in total. The highest BCUT2D eigenvalue weighted by Gasteiger charge is 2.02. The van der Waals surface area contributed by atoms with E-state index in [1.165, 1.54) is 0 Å². The van der Waals surface area contributed by atoms with Crippen molar-refractivity contribution in [2.75, 3.05) is 5.32 Å². The quantitative estimate of drug-likeness (QED) is 0.863. The molecule has 0 aliphatic carbocycles. The van der Waals surface area contributed by atoms with Crippen LogP contribution in [0.15, 0.2) is 36.5 Å². The lowest BCUT2D eigenvalue weighted by molar-refractivity contribution is 0.232. The van der Waals surface area contributed by atoms with Gasteiger partial charge in [-0.25, -0.2) is 4.98 Å². The van der Waals surface area contributed by atoms with E-state index in [0.29, 0.717) is 18.4 Å². The van der Waals surface area contributed by atoms with Crippen molar-refractivity contribution in [3.63, 3.8) is 0 Å². The maximum atomic E-state index is 9.20. The summed E-state index contributed by atoms with van der Waals surface area (Å²) in [7, 11) is 0. The molecule has 1 aromatic heterocycles. The Labute approximate surface area is 112 Å². The van der Waals surface area contributed by atoms with Gasteiger partial charge < -0.3 is 15.2 Å². The summed E-state index contributed by atoms with van der Waals surface area (Å²) in [5, 5.41) is 12.3. The van der Waals surface area contributed by atoms with Crippen LogP contribution in [0.1, 0.15) is 19.4 Å². The number of benzene rings is 1. The fraction of sp³-hybridized carbons (Fsp3) is 0.286. The van der Waals surface area contributed by atoms with Crippen LogP contribution in [-0.4, -0.2) is 21.2 Å². The Morgan fingerprint density at radius 2 is 1.95 bits per heavy atom. The summed E-state index contributed by atoms with van der Waals surface area (Å²) in [5.74, 6) is 1.33. The molecule has 100 valence electrons. The highest BCUT2D eigenvalue weighted by Crippen LogP contribution is 2.13. The zero-order chi connectivity index (χ0) is 13.7. The average Bonchev–Trinajstić information content (AvgIpc) is 2.38. The van der Waals surface area contributed by atoms with Crippen molar-refractivity contribution in [1.29, 1.82) is 0 Å². The molecule has 2 rings (SSSR count). The first-order valence-corrected chi connectivity index (χ1v) is 6.15. The molecule has 0 amide bonds. The third-order valence-corrected chi connectivity index (χ3v) is 2.37. The molecule has 2 N–H and O–H groups in total. The minimum atomic E-state index is 0.0832. The number of nitrogens with one attached hydrogen (secondary N) is 1. The normalized spacial score (nSPS) is 10.5. The third-order valence-electron chi connectivity index (χ3n) is 2.37. The van der Waals surface area contributed by atoms with Crippen LogP contribution in [-0.2, 0) is 6.54 Å². The summed E-state index contributed by atoms with van der Waals surface area (Å²) in [6.45, 7) is 4.49. The number of hydrogen-bond acceptors (Lipinski definition) is 5. The van der Waals surface area contributed by atoms with Gasteiger partial charge in [-0.2, -0.15) is 4.98 Å². The summed E-state index contributed by atoms with van der Waals surface area (Å²) in [6, 6.07) is 8.71. The average molecular weight is 259 g/mol. The lowest BCUT2D eigenvalue weighted by Gasteiger charge is -2.10. The van der Waals surface area contributed by atoms with E-state index in [1.54, 1.807) is 24.4 Å². The number of hydrogen-bond donors (Lipinski definition) is 2. The molecule has 1 aromatic carbocycles. The molecule has 0 fully saturated rings. The Morgan fingerprint density at radius 1 is 1.21 bits per heavy atom. The Balaban J connectivity index is 1.97. The number of ether oxygens (including phenoxy) is 1. The Kier molecular flexibility index (Phi) is 4.18. The molecular formula is C14H17N3O2. The van der Waals surface area contributed by atoms with Crippen molar-refractivity contribution < 1.29 is 9.84 Å². The zero-order valence-corrected chi connectivity index (χ0v) is 11.0. The molecule has 0 spiro atoms. The van der Waals surface area contributed by atoms with Crippen LogP contribution >= 0.6 is 0 Å². The minimum absolute atomic E-state index is 0.0832. The number of nitrogens with zero attached hydrogens (tertiary/aromatic N) is 2. The fourth-order valence-corrected chi connectivity index (χ4v) is 1.53.